The summed E-state index contributed by atoms with van der Waals surface area (Å²) in [6, 6.07) is 8.16. The van der Waals surface area contributed by atoms with Crippen LogP contribution in [0.4, 0.5) is 0 Å². The Bertz CT molecular complexity index is 538. The van der Waals surface area contributed by atoms with Gasteiger partial charge in [-0.2, -0.15) is 0 Å². The van der Waals surface area contributed by atoms with E-state index in [4.69, 9.17) is 0 Å². The summed E-state index contributed by atoms with van der Waals surface area (Å²) in [6.07, 6.45) is 2.88. The normalized spacial score (nSPS) is 10.4. The lowest BCUT2D eigenvalue weighted by atomic mass is 9.99. The molecule has 0 bridgehead atoms. The first kappa shape index (κ1) is 10.7. The Balaban J connectivity index is 2.58. The molecule has 0 aliphatic heterocycles. The zero-order valence-corrected chi connectivity index (χ0v) is 9.82. The maximum Gasteiger partial charge on any atom is 0.166 e. The van der Waals surface area contributed by atoms with Crippen molar-refractivity contribution in [1.29, 1.82) is 0 Å². The highest BCUT2D eigenvalue weighted by atomic mass is 16.1. The third kappa shape index (κ3) is 1.67. The Labute approximate surface area is 95.5 Å². The van der Waals surface area contributed by atoms with Crippen LogP contribution in [0.15, 0.2) is 30.5 Å². The van der Waals surface area contributed by atoms with E-state index in [-0.39, 0.29) is 0 Å². The van der Waals surface area contributed by atoms with Crippen LogP contribution in [-0.4, -0.2) is 10.9 Å². The van der Waals surface area contributed by atoms with Crippen LogP contribution < -0.4 is 0 Å². The lowest BCUT2D eigenvalue weighted by molar-refractivity contribution is 0.111. The molecule has 0 saturated carbocycles. The highest BCUT2D eigenvalue weighted by Gasteiger charge is 2.07. The van der Waals surface area contributed by atoms with Crippen molar-refractivity contribution >= 4 is 6.29 Å². The number of carbonyl (C=O) groups excluding carboxylic acids is 1. The van der Waals surface area contributed by atoms with Crippen LogP contribution in [0.3, 0.4) is 0 Å². The fourth-order valence-corrected chi connectivity index (χ4v) is 1.91. The van der Waals surface area contributed by atoms with Crippen molar-refractivity contribution in [1.82, 2.24) is 4.57 Å². The van der Waals surface area contributed by atoms with E-state index in [1.807, 2.05) is 29.9 Å². The van der Waals surface area contributed by atoms with Crippen LogP contribution in [0.1, 0.15) is 21.6 Å². The summed E-state index contributed by atoms with van der Waals surface area (Å²) in [7, 11) is 1.89. The van der Waals surface area contributed by atoms with Gasteiger partial charge in [-0.25, -0.2) is 0 Å². The van der Waals surface area contributed by atoms with Crippen LogP contribution in [0.2, 0.25) is 0 Å². The standard InChI is InChI=1S/C14H15NO/c1-10-5-4-6-14(11(10)2)12-7-13(9-16)15(3)8-12/h4-9H,1-3H3. The summed E-state index contributed by atoms with van der Waals surface area (Å²) in [5.74, 6) is 0. The maximum absolute atomic E-state index is 10.8. The van der Waals surface area contributed by atoms with Gasteiger partial charge in [-0.05, 0) is 36.6 Å². The Morgan fingerprint density at radius 2 is 2.00 bits per heavy atom. The average Bonchev–Trinajstić information content (AvgIpc) is 2.63. The third-order valence-electron chi connectivity index (χ3n) is 3.08. The molecule has 1 aromatic heterocycles. The molecular weight excluding hydrogens is 198 g/mol. The molecule has 0 amide bonds. The van der Waals surface area contributed by atoms with Gasteiger partial charge in [0.1, 0.15) is 0 Å². The fraction of sp³-hybridized carbons (Fsp3) is 0.214. The Kier molecular flexibility index (Phi) is 2.65. The molecule has 0 fully saturated rings. The SMILES string of the molecule is Cc1cccc(-c2cc(C=O)n(C)c2)c1C. The highest BCUT2D eigenvalue weighted by Crippen LogP contribution is 2.26. The molecule has 0 unspecified atom stereocenters. The molecule has 2 nitrogen and oxygen atoms in total. The number of benzene rings is 1. The molecule has 0 radical (unpaired) electrons. The smallest absolute Gasteiger partial charge is 0.166 e. The molecule has 2 aromatic rings. The number of aldehydes is 1. The van der Waals surface area contributed by atoms with Crippen LogP contribution in [-0.2, 0) is 7.05 Å². The van der Waals surface area contributed by atoms with Crippen molar-refractivity contribution in [2.45, 2.75) is 13.8 Å². The minimum absolute atomic E-state index is 0.705. The predicted molar refractivity (Wildman–Crippen MR) is 65.7 cm³/mol. The molecule has 2 heteroatoms. The number of hydrogen-bond donors (Lipinski definition) is 0. The maximum atomic E-state index is 10.8. The van der Waals surface area contributed by atoms with E-state index in [1.165, 1.54) is 16.7 Å². The molecular formula is C14H15NO. The second-order valence-corrected chi connectivity index (χ2v) is 4.13. The van der Waals surface area contributed by atoms with Gasteiger partial charge < -0.3 is 4.57 Å². The van der Waals surface area contributed by atoms with E-state index in [0.717, 1.165) is 11.8 Å². The van der Waals surface area contributed by atoms with Crippen LogP contribution in [0.5, 0.6) is 0 Å². The van der Waals surface area contributed by atoms with E-state index >= 15 is 0 Å². The molecule has 0 spiro atoms. The van der Waals surface area contributed by atoms with Crippen LogP contribution in [0.25, 0.3) is 11.1 Å². The molecule has 0 atom stereocenters. The fourth-order valence-electron chi connectivity index (χ4n) is 1.91. The van der Waals surface area contributed by atoms with E-state index < -0.39 is 0 Å². The lowest BCUT2D eigenvalue weighted by Crippen LogP contribution is -1.90. The van der Waals surface area contributed by atoms with Gasteiger partial charge >= 0.3 is 0 Å². The molecule has 16 heavy (non-hydrogen) atoms. The average molecular weight is 213 g/mol. The third-order valence-corrected chi connectivity index (χ3v) is 3.08. The van der Waals surface area contributed by atoms with Gasteiger partial charge in [-0.15, -0.1) is 0 Å². The molecule has 0 saturated heterocycles. The van der Waals surface area contributed by atoms with E-state index in [2.05, 4.69) is 26.0 Å². The minimum Gasteiger partial charge on any atom is -0.348 e. The quantitative estimate of drug-likeness (QED) is 0.702. The molecule has 0 N–H and O–H groups in total. The Morgan fingerprint density at radius 1 is 1.25 bits per heavy atom. The van der Waals surface area contributed by atoms with Gasteiger partial charge in [-0.3, -0.25) is 4.79 Å². The summed E-state index contributed by atoms with van der Waals surface area (Å²) >= 11 is 0. The van der Waals surface area contributed by atoms with Crippen molar-refractivity contribution in [2.24, 2.45) is 7.05 Å². The summed E-state index contributed by atoms with van der Waals surface area (Å²) in [5.41, 5.74) is 5.55. The minimum atomic E-state index is 0.705. The van der Waals surface area contributed by atoms with Crippen molar-refractivity contribution < 1.29 is 4.79 Å². The van der Waals surface area contributed by atoms with Gasteiger partial charge in [0.05, 0.1) is 5.69 Å². The zero-order valence-electron chi connectivity index (χ0n) is 9.82. The summed E-state index contributed by atoms with van der Waals surface area (Å²) < 4.78 is 1.85. The largest absolute Gasteiger partial charge is 0.348 e. The first-order valence-electron chi connectivity index (χ1n) is 5.31. The predicted octanol–water partition coefficient (Wildman–Crippen LogP) is 3.12. The molecule has 82 valence electrons. The van der Waals surface area contributed by atoms with Crippen LogP contribution in [0, 0.1) is 13.8 Å². The zero-order chi connectivity index (χ0) is 11.7. The van der Waals surface area contributed by atoms with Gasteiger partial charge in [0.2, 0.25) is 0 Å². The second kappa shape index (κ2) is 3.97. The second-order valence-electron chi connectivity index (χ2n) is 4.13. The Hall–Kier alpha value is -1.83. The summed E-state index contributed by atoms with van der Waals surface area (Å²) in [6.45, 7) is 4.21. The molecule has 1 aromatic carbocycles. The lowest BCUT2D eigenvalue weighted by Gasteiger charge is -2.06. The number of nitrogens with zero attached hydrogens (tertiary/aromatic N) is 1. The van der Waals surface area contributed by atoms with Crippen LogP contribution >= 0.6 is 0 Å². The number of rotatable bonds is 2. The number of aromatic nitrogens is 1. The van der Waals surface area contributed by atoms with Gasteiger partial charge in [0.15, 0.2) is 6.29 Å². The van der Waals surface area contributed by atoms with Crippen molar-refractivity contribution in [3.05, 3.63) is 47.3 Å². The number of hydrogen-bond acceptors (Lipinski definition) is 1. The monoisotopic (exact) mass is 213 g/mol. The molecule has 0 aliphatic carbocycles. The van der Waals surface area contributed by atoms with Crippen molar-refractivity contribution in [3.63, 3.8) is 0 Å². The van der Waals surface area contributed by atoms with E-state index in [1.54, 1.807) is 0 Å². The Morgan fingerprint density at radius 3 is 2.62 bits per heavy atom. The number of carbonyl (C=O) groups is 1. The summed E-state index contributed by atoms with van der Waals surface area (Å²) in [4.78, 5) is 10.8. The first-order valence-corrected chi connectivity index (χ1v) is 5.31. The highest BCUT2D eigenvalue weighted by molar-refractivity contribution is 5.78. The van der Waals surface area contributed by atoms with E-state index in [9.17, 15) is 4.79 Å². The molecule has 0 aliphatic rings. The molecule has 2 rings (SSSR count). The number of aryl methyl sites for hydroxylation is 2. The topological polar surface area (TPSA) is 22.0 Å². The van der Waals surface area contributed by atoms with Gasteiger partial charge in [0, 0.05) is 18.8 Å². The van der Waals surface area contributed by atoms with Crippen molar-refractivity contribution in [2.75, 3.05) is 0 Å². The molecule has 1 heterocycles. The van der Waals surface area contributed by atoms with Gasteiger partial charge in [-0.1, -0.05) is 18.2 Å². The van der Waals surface area contributed by atoms with Gasteiger partial charge in [0.25, 0.3) is 0 Å². The van der Waals surface area contributed by atoms with E-state index in [0.29, 0.717) is 5.69 Å². The van der Waals surface area contributed by atoms with Crippen molar-refractivity contribution in [3.8, 4) is 11.1 Å². The summed E-state index contributed by atoms with van der Waals surface area (Å²) in [5, 5.41) is 0. The first-order chi connectivity index (χ1) is 7.63.